The molecule has 5 aromatic rings. The van der Waals surface area contributed by atoms with Crippen LogP contribution in [0.3, 0.4) is 0 Å². The number of nitrogens with zero attached hydrogens (tertiary/aromatic N) is 6. The fraction of sp³-hybridized carbons (Fsp3) is 0.240. The summed E-state index contributed by atoms with van der Waals surface area (Å²) in [6, 6.07) is 13.5. The lowest BCUT2D eigenvalue weighted by atomic mass is 10.1. The lowest BCUT2D eigenvalue weighted by molar-refractivity contribution is -0.113. The number of para-hydroxylation sites is 1. The number of thioether (sulfide) groups is 1. The zero-order valence-electron chi connectivity index (χ0n) is 20.4. The van der Waals surface area contributed by atoms with E-state index in [0.717, 1.165) is 39.6 Å². The van der Waals surface area contributed by atoms with Crippen molar-refractivity contribution < 1.29 is 9.18 Å². The lowest BCUT2D eigenvalue weighted by Gasteiger charge is -2.09. The molecule has 3 heterocycles. The van der Waals surface area contributed by atoms with Crippen molar-refractivity contribution in [2.45, 2.75) is 25.0 Å². The van der Waals surface area contributed by atoms with E-state index in [0.29, 0.717) is 16.6 Å². The number of aryl methyl sites for hydroxylation is 2. The number of nitrogens with one attached hydrogen (secondary N) is 1. The number of hydrogen-bond donors (Lipinski definition) is 1. The van der Waals surface area contributed by atoms with Gasteiger partial charge in [-0.15, -0.1) is 10.2 Å². The SMILES string of the molecule is CCc1ccccc1NC(=O)CSc1nnc2n(Cc3ccc(F)cc3)c3c(=O)n(C)c(=O)n(C)c3n12. The highest BCUT2D eigenvalue weighted by Gasteiger charge is 2.24. The molecule has 10 nitrogen and oxygen atoms in total. The minimum atomic E-state index is -0.503. The van der Waals surface area contributed by atoms with E-state index in [1.807, 2.05) is 31.2 Å². The Kier molecular flexibility index (Phi) is 6.42. The van der Waals surface area contributed by atoms with E-state index >= 15 is 0 Å². The third-order valence-corrected chi connectivity index (χ3v) is 7.14. The standard InChI is InChI=1S/C25H24FN7O3S/c1-4-16-7-5-6-8-18(16)27-19(34)14-37-24-29-28-23-32(13-15-9-11-17(26)12-10-15)20-21(33(23)24)30(2)25(36)31(3)22(20)35/h5-12H,4,13-14H2,1-3H3,(H,27,34). The van der Waals surface area contributed by atoms with Crippen molar-refractivity contribution in [3.63, 3.8) is 0 Å². The summed E-state index contributed by atoms with van der Waals surface area (Å²) in [5.41, 5.74) is 2.09. The smallest absolute Gasteiger partial charge is 0.325 e. The highest BCUT2D eigenvalue weighted by atomic mass is 32.2. The van der Waals surface area contributed by atoms with E-state index in [2.05, 4.69) is 15.5 Å². The number of aromatic nitrogens is 6. The van der Waals surface area contributed by atoms with Crippen LogP contribution in [0.25, 0.3) is 16.9 Å². The Labute approximate surface area is 214 Å². The van der Waals surface area contributed by atoms with Crippen molar-refractivity contribution in [3.05, 3.63) is 86.3 Å². The van der Waals surface area contributed by atoms with Crippen LogP contribution in [-0.2, 0) is 31.9 Å². The summed E-state index contributed by atoms with van der Waals surface area (Å²) in [6.45, 7) is 2.22. The fourth-order valence-corrected chi connectivity index (χ4v) is 5.04. The second kappa shape index (κ2) is 9.69. The number of amides is 1. The molecule has 12 heteroatoms. The quantitative estimate of drug-likeness (QED) is 0.330. The van der Waals surface area contributed by atoms with E-state index in [-0.39, 0.29) is 29.5 Å². The van der Waals surface area contributed by atoms with Crippen LogP contribution in [0.15, 0.2) is 63.3 Å². The summed E-state index contributed by atoms with van der Waals surface area (Å²) in [6.07, 6.45) is 0.783. The summed E-state index contributed by atoms with van der Waals surface area (Å²) < 4.78 is 19.1. The van der Waals surface area contributed by atoms with Gasteiger partial charge in [-0.05, 0) is 35.7 Å². The molecule has 190 valence electrons. The van der Waals surface area contributed by atoms with Crippen LogP contribution < -0.4 is 16.6 Å². The average Bonchev–Trinajstić information content (AvgIpc) is 3.45. The van der Waals surface area contributed by atoms with Gasteiger partial charge in [0.15, 0.2) is 16.3 Å². The molecular formula is C25H24FN7O3S. The Hall–Kier alpha value is -4.19. The Bertz CT molecular complexity index is 1770. The fourth-order valence-electron chi connectivity index (χ4n) is 4.31. The maximum absolute atomic E-state index is 13.5. The number of imidazole rings is 1. The second-order valence-corrected chi connectivity index (χ2v) is 9.50. The molecule has 0 radical (unpaired) electrons. The van der Waals surface area contributed by atoms with Crippen LogP contribution in [-0.4, -0.2) is 40.0 Å². The summed E-state index contributed by atoms with van der Waals surface area (Å²) in [7, 11) is 2.98. The van der Waals surface area contributed by atoms with Gasteiger partial charge in [0.1, 0.15) is 5.82 Å². The summed E-state index contributed by atoms with van der Waals surface area (Å²) >= 11 is 1.15. The van der Waals surface area contributed by atoms with Gasteiger partial charge in [-0.25, -0.2) is 13.6 Å². The van der Waals surface area contributed by atoms with Crippen LogP contribution >= 0.6 is 11.8 Å². The molecule has 0 aliphatic heterocycles. The second-order valence-electron chi connectivity index (χ2n) is 8.56. The van der Waals surface area contributed by atoms with Gasteiger partial charge in [0, 0.05) is 19.8 Å². The zero-order chi connectivity index (χ0) is 26.3. The molecular weight excluding hydrogens is 497 g/mol. The van der Waals surface area contributed by atoms with Gasteiger partial charge in [0.05, 0.1) is 12.3 Å². The first-order chi connectivity index (χ1) is 17.8. The number of anilines is 1. The van der Waals surface area contributed by atoms with Crippen LogP contribution in [0.5, 0.6) is 0 Å². The van der Waals surface area contributed by atoms with E-state index in [9.17, 15) is 18.8 Å². The predicted molar refractivity (Wildman–Crippen MR) is 140 cm³/mol. The van der Waals surface area contributed by atoms with E-state index in [1.54, 1.807) is 28.1 Å². The highest BCUT2D eigenvalue weighted by Crippen LogP contribution is 2.25. The van der Waals surface area contributed by atoms with Gasteiger partial charge < -0.3 is 5.32 Å². The van der Waals surface area contributed by atoms with Crippen LogP contribution in [0.4, 0.5) is 10.1 Å². The van der Waals surface area contributed by atoms with E-state index in [4.69, 9.17) is 0 Å². The number of carbonyl (C=O) groups is 1. The summed E-state index contributed by atoms with van der Waals surface area (Å²) in [4.78, 5) is 38.7. The number of hydrogen-bond acceptors (Lipinski definition) is 6. The van der Waals surface area contributed by atoms with Crippen molar-refractivity contribution in [3.8, 4) is 0 Å². The van der Waals surface area contributed by atoms with Gasteiger partial charge in [-0.2, -0.15) is 0 Å². The molecule has 1 amide bonds. The van der Waals surface area contributed by atoms with E-state index in [1.165, 1.54) is 23.7 Å². The molecule has 0 bridgehead atoms. The van der Waals surface area contributed by atoms with Crippen molar-refractivity contribution in [2.24, 2.45) is 14.1 Å². The van der Waals surface area contributed by atoms with Gasteiger partial charge in [-0.1, -0.05) is 49.0 Å². The topological polar surface area (TPSA) is 108 Å². The maximum Gasteiger partial charge on any atom is 0.332 e. The first-order valence-corrected chi connectivity index (χ1v) is 12.6. The van der Waals surface area contributed by atoms with Crippen molar-refractivity contribution in [2.75, 3.05) is 11.1 Å². The van der Waals surface area contributed by atoms with Crippen LogP contribution in [0.1, 0.15) is 18.1 Å². The molecule has 0 aliphatic carbocycles. The first kappa shape index (κ1) is 24.5. The highest BCUT2D eigenvalue weighted by molar-refractivity contribution is 7.99. The van der Waals surface area contributed by atoms with Gasteiger partial charge >= 0.3 is 5.69 Å². The third-order valence-electron chi connectivity index (χ3n) is 6.21. The molecule has 0 fully saturated rings. The molecule has 2 aromatic carbocycles. The number of fused-ring (bicyclic) bond motifs is 3. The van der Waals surface area contributed by atoms with Gasteiger partial charge in [-0.3, -0.25) is 23.3 Å². The lowest BCUT2D eigenvalue weighted by Crippen LogP contribution is -2.37. The number of rotatable bonds is 7. The molecule has 0 atom stereocenters. The minimum Gasteiger partial charge on any atom is -0.325 e. The van der Waals surface area contributed by atoms with Gasteiger partial charge in [0.25, 0.3) is 5.56 Å². The number of halogens is 1. The first-order valence-electron chi connectivity index (χ1n) is 11.6. The van der Waals surface area contributed by atoms with E-state index < -0.39 is 11.2 Å². The Morgan fingerprint density at radius 3 is 2.49 bits per heavy atom. The van der Waals surface area contributed by atoms with Crippen molar-refractivity contribution in [1.82, 2.24) is 28.3 Å². The van der Waals surface area contributed by atoms with Gasteiger partial charge in [0.2, 0.25) is 11.7 Å². The van der Waals surface area contributed by atoms with Crippen molar-refractivity contribution in [1.29, 1.82) is 0 Å². The zero-order valence-corrected chi connectivity index (χ0v) is 21.3. The Morgan fingerprint density at radius 2 is 1.76 bits per heavy atom. The third kappa shape index (κ3) is 4.33. The molecule has 0 spiro atoms. The molecule has 0 unspecified atom stereocenters. The molecule has 0 aliphatic rings. The molecule has 1 N–H and O–H groups in total. The maximum atomic E-state index is 13.5. The number of benzene rings is 2. The molecule has 0 saturated heterocycles. The average molecular weight is 522 g/mol. The molecule has 5 rings (SSSR count). The Morgan fingerprint density at radius 1 is 1.03 bits per heavy atom. The van der Waals surface area contributed by atoms with Crippen molar-refractivity contribution >= 4 is 40.3 Å². The van der Waals surface area contributed by atoms with Crippen LogP contribution in [0, 0.1) is 5.82 Å². The molecule has 3 aromatic heterocycles. The summed E-state index contributed by atoms with van der Waals surface area (Å²) in [5.74, 6) is -0.215. The number of carbonyl (C=O) groups excluding carboxylic acids is 1. The monoisotopic (exact) mass is 521 g/mol. The summed E-state index contributed by atoms with van der Waals surface area (Å²) in [5, 5.41) is 11.8. The molecule has 37 heavy (non-hydrogen) atoms. The minimum absolute atomic E-state index is 0.0439. The largest absolute Gasteiger partial charge is 0.332 e. The van der Waals surface area contributed by atoms with Crippen LogP contribution in [0.2, 0.25) is 0 Å². The molecule has 0 saturated carbocycles. The predicted octanol–water partition coefficient (Wildman–Crippen LogP) is 2.56. The Balaban J connectivity index is 1.56. The normalized spacial score (nSPS) is 11.5.